The van der Waals surface area contributed by atoms with E-state index in [1.807, 2.05) is 6.92 Å². The molecule has 9 aliphatic rings. The average molecular weight is 1680 g/mol. The molecule has 0 spiro atoms. The molecule has 0 unspecified atom stereocenters. The fourth-order valence-corrected chi connectivity index (χ4v) is 20.3. The zero-order valence-electron chi connectivity index (χ0n) is 70.7. The maximum absolute atomic E-state index is 16.3. The molecule has 0 radical (unpaired) electrons. The number of hydrogen-bond acceptors (Lipinski definition) is 37. The van der Waals surface area contributed by atoms with Crippen molar-refractivity contribution >= 4 is 89.5 Å². The van der Waals surface area contributed by atoms with Crippen molar-refractivity contribution in [2.24, 2.45) is 50.2 Å². The van der Waals surface area contributed by atoms with Crippen molar-refractivity contribution in [3.8, 4) is 0 Å². The summed E-state index contributed by atoms with van der Waals surface area (Å²) < 4.78 is 132. The molecule has 4 saturated heterocycles. The number of esters is 15. The highest BCUT2D eigenvalue weighted by Gasteiger charge is 2.72. The van der Waals surface area contributed by atoms with Crippen molar-refractivity contribution in [1.82, 2.24) is 0 Å². The molecule has 0 bridgehead atoms. The Labute approximate surface area is 683 Å². The lowest BCUT2D eigenvalue weighted by molar-refractivity contribution is -0.363. The lowest BCUT2D eigenvalue weighted by Gasteiger charge is -2.71. The van der Waals surface area contributed by atoms with E-state index in [1.54, 1.807) is 0 Å². The average Bonchev–Trinajstić information content (AvgIpc) is 0.673. The highest BCUT2D eigenvalue weighted by atomic mass is 16.8. The van der Waals surface area contributed by atoms with Crippen molar-refractivity contribution in [2.45, 2.75) is 332 Å². The molecule has 37 heteroatoms. The van der Waals surface area contributed by atoms with Crippen LogP contribution in [-0.2, 0) is 176 Å². The van der Waals surface area contributed by atoms with Crippen LogP contribution in [0, 0.1) is 50.2 Å². The molecule has 4 aliphatic heterocycles. The van der Waals surface area contributed by atoms with Gasteiger partial charge in [-0.3, -0.25) is 67.1 Å². The van der Waals surface area contributed by atoms with Crippen molar-refractivity contribution in [3.05, 3.63) is 11.6 Å². The number of carbonyl (C=O) groups excluding carboxylic acids is 15. The first-order valence-electron chi connectivity index (χ1n) is 39.7. The minimum absolute atomic E-state index is 0.0793. The Hall–Kier alpha value is -8.49. The van der Waals surface area contributed by atoms with Gasteiger partial charge in [-0.2, -0.15) is 0 Å². The molecule has 0 aromatic rings. The maximum Gasteiger partial charge on any atom is 0.339 e. The minimum Gasteiger partial charge on any atom is -0.467 e. The Morgan fingerprint density at radius 2 is 0.831 bits per heavy atom. The van der Waals surface area contributed by atoms with Crippen LogP contribution in [0.2, 0.25) is 0 Å². The number of carbonyl (C=O) groups is 15. The molecule has 0 N–H and O–H groups in total. The topological polar surface area (TPSA) is 459 Å². The summed E-state index contributed by atoms with van der Waals surface area (Å²) in [5.74, 6) is -14.5. The van der Waals surface area contributed by atoms with Crippen molar-refractivity contribution < 1.29 is 176 Å². The van der Waals surface area contributed by atoms with Gasteiger partial charge in [0.2, 0.25) is 12.4 Å². The van der Waals surface area contributed by atoms with E-state index < -0.39 is 265 Å². The Kier molecular flexibility index (Phi) is 29.5. The van der Waals surface area contributed by atoms with Gasteiger partial charge >= 0.3 is 89.5 Å². The summed E-state index contributed by atoms with van der Waals surface area (Å²) in [5.41, 5.74) is -3.35. The maximum atomic E-state index is 16.3. The zero-order chi connectivity index (χ0) is 87.5. The Morgan fingerprint density at radius 1 is 0.398 bits per heavy atom. The van der Waals surface area contributed by atoms with Gasteiger partial charge in [0, 0.05) is 95.4 Å². The van der Waals surface area contributed by atoms with Crippen LogP contribution in [0.3, 0.4) is 0 Å². The lowest BCUT2D eigenvalue weighted by atomic mass is 9.33. The van der Waals surface area contributed by atoms with E-state index in [0.29, 0.717) is 57.8 Å². The SMILES string of the molecule is COC(=O)[C@H]1O[C@@H](O[C@H]2CC[C@@]3(C)[C@@H](CC[C@]4(C)[C@@H]3CC=C3[C@@H]5CC(C)(C)CC[C@]5(C(=O)O[C@@H]5O[C@H](CO[C@@H]6O[C@H](COC(C)=O)[C@@H](O[C@@H]7O[C@@H](C)[C@H](OC(C)=O)[C@@H](OC(C)=O)[C@H]7OC(C)=O)[C@H](OC(C)=O)[C@H]6OC(C)=O)[C@@H](OC(C)=O)[C@H](OC(C)=O)[C@H]5OC(C)=O)CC[C@]34C)[C@]2(C)COC(C)=O)[C@H](OC(C)=O)[C@@H](OC(C)=O)[C@@H]1OC(C)=O. The molecule has 4 heterocycles. The fraction of sp³-hybridized carbons (Fsp3) is 0.790. The van der Waals surface area contributed by atoms with E-state index in [9.17, 15) is 67.1 Å². The molecule has 29 atom stereocenters. The number of hydrogen-bond donors (Lipinski definition) is 0. The molecule has 0 aromatic carbocycles. The number of rotatable bonds is 25. The zero-order valence-corrected chi connectivity index (χ0v) is 70.7. The van der Waals surface area contributed by atoms with Crippen LogP contribution in [-0.4, -0.2) is 245 Å². The molecule has 37 nitrogen and oxygen atoms in total. The normalized spacial score (nSPS) is 38.9. The van der Waals surface area contributed by atoms with Gasteiger partial charge in [-0.1, -0.05) is 53.2 Å². The summed E-state index contributed by atoms with van der Waals surface area (Å²) in [6.45, 7) is 26.4. The van der Waals surface area contributed by atoms with Gasteiger partial charge in [-0.15, -0.1) is 0 Å². The van der Waals surface area contributed by atoms with Crippen molar-refractivity contribution in [2.75, 3.05) is 26.9 Å². The van der Waals surface area contributed by atoms with Crippen molar-refractivity contribution in [1.29, 1.82) is 0 Å². The van der Waals surface area contributed by atoms with Gasteiger partial charge in [-0.05, 0) is 111 Å². The molecule has 4 saturated carbocycles. The van der Waals surface area contributed by atoms with Crippen LogP contribution in [0.1, 0.15) is 203 Å². The summed E-state index contributed by atoms with van der Waals surface area (Å²) in [5, 5.41) is 0. The first-order valence-corrected chi connectivity index (χ1v) is 39.7. The predicted molar refractivity (Wildman–Crippen MR) is 392 cm³/mol. The Morgan fingerprint density at radius 3 is 1.35 bits per heavy atom. The number of ether oxygens (including phenoxy) is 22. The Bertz CT molecular complexity index is 3850. The second-order valence-electron chi connectivity index (χ2n) is 34.0. The minimum atomic E-state index is -2.00. The van der Waals surface area contributed by atoms with Crippen LogP contribution in [0.25, 0.3) is 0 Å². The third-order valence-corrected chi connectivity index (χ3v) is 25.2. The molecular weight excluding hydrogens is 1560 g/mol. The number of fused-ring (bicyclic) bond motifs is 7. The predicted octanol–water partition coefficient (Wildman–Crippen LogP) is 5.57. The number of methoxy groups -OCH3 is 1. The summed E-state index contributed by atoms with van der Waals surface area (Å²) in [6, 6.07) is 0. The first-order chi connectivity index (χ1) is 55.0. The van der Waals surface area contributed by atoms with Gasteiger partial charge in [0.1, 0.15) is 24.9 Å². The van der Waals surface area contributed by atoms with Crippen molar-refractivity contribution in [3.63, 3.8) is 0 Å². The quantitative estimate of drug-likeness (QED) is 0.0467. The molecule has 0 aromatic heterocycles. The molecular formula is C81H114O37. The van der Waals surface area contributed by atoms with Gasteiger partial charge < -0.3 is 104 Å². The van der Waals surface area contributed by atoms with E-state index in [4.69, 9.17) is 104 Å². The summed E-state index contributed by atoms with van der Waals surface area (Å²) >= 11 is 0. The van der Waals surface area contributed by atoms with Crippen LogP contribution in [0.4, 0.5) is 0 Å². The van der Waals surface area contributed by atoms with E-state index in [-0.39, 0.29) is 30.3 Å². The molecule has 9 rings (SSSR count). The second-order valence-corrected chi connectivity index (χ2v) is 34.0. The van der Waals surface area contributed by atoms with E-state index >= 15 is 4.79 Å². The summed E-state index contributed by atoms with van der Waals surface area (Å²) in [6.07, 6.45) is -28.8. The fourth-order valence-electron chi connectivity index (χ4n) is 20.3. The highest BCUT2D eigenvalue weighted by molar-refractivity contribution is 5.80. The lowest BCUT2D eigenvalue weighted by Crippen LogP contribution is -2.68. The summed E-state index contributed by atoms with van der Waals surface area (Å²) in [4.78, 5) is 199. The third-order valence-electron chi connectivity index (χ3n) is 25.2. The van der Waals surface area contributed by atoms with Gasteiger partial charge in [-0.25, -0.2) is 4.79 Å². The van der Waals surface area contributed by atoms with Gasteiger partial charge in [0.05, 0.1) is 37.9 Å². The largest absolute Gasteiger partial charge is 0.467 e. The molecule has 5 aliphatic carbocycles. The smallest absolute Gasteiger partial charge is 0.339 e. The molecule has 118 heavy (non-hydrogen) atoms. The summed E-state index contributed by atoms with van der Waals surface area (Å²) in [7, 11) is 1.08. The molecule has 660 valence electrons. The first kappa shape index (κ1) is 93.4. The Balaban J connectivity index is 1.05. The highest BCUT2D eigenvalue weighted by Crippen LogP contribution is 2.76. The van der Waals surface area contributed by atoms with Gasteiger partial charge in [0.25, 0.3) is 0 Å². The van der Waals surface area contributed by atoms with E-state index in [1.165, 1.54) is 13.8 Å². The molecule has 8 fully saturated rings. The van der Waals surface area contributed by atoms with Crippen LogP contribution in [0.5, 0.6) is 0 Å². The third kappa shape index (κ3) is 20.1. The van der Waals surface area contributed by atoms with Crippen LogP contribution < -0.4 is 0 Å². The van der Waals surface area contributed by atoms with E-state index in [2.05, 4.69) is 40.7 Å². The second kappa shape index (κ2) is 37.2. The monoisotopic (exact) mass is 1680 g/mol. The number of allylic oxidation sites excluding steroid dienone is 2. The van der Waals surface area contributed by atoms with E-state index in [0.717, 1.165) is 95.8 Å². The molecule has 0 amide bonds. The van der Waals surface area contributed by atoms with Gasteiger partial charge in [0.15, 0.2) is 86.0 Å². The standard InChI is InChI=1S/C81H114O37/c1-36-57(102-39(4)84)60(104-41(6)86)67(110-47(12)92)72(101-36)116-59-52(33-98-37(2)82)113-71(66(109-46(11)91)62(59)106-43(8)88)99-34-53-58(103-40(5)85)61(105-42(7)87)68(111-48(13)93)73(114-53)118-75(96)81-30-28-76(15,16)32-51(81)50-22-23-55-77(17)26-25-56(78(18,35-100-38(3)83)54(77)24-27-80(55,20)79(50,19)29-31-81)115-74-69(112-49(14)94)64(108-45(10)90)63(107-44(9)89)65(117-74)70(95)97-21/h22,36,51-69,71-74H,23-35H2,1-21H3/t36-,51-,52+,53+,54+,55+,56-,57-,58+,59+,60+,61-,62-,63-,64-,65-,66+,67+,68+,69+,71+,72-,73-,74+,77-,78-,79+,80+,81-/m0/s1. The van der Waals surface area contributed by atoms with Crippen LogP contribution >= 0.6 is 0 Å². The van der Waals surface area contributed by atoms with Crippen LogP contribution in [0.15, 0.2) is 11.6 Å².